The summed E-state index contributed by atoms with van der Waals surface area (Å²) in [5.74, 6) is 0. The van der Waals surface area contributed by atoms with Gasteiger partial charge < -0.3 is 0 Å². The smallest absolute Gasteiger partial charge is 0.0310 e. The lowest BCUT2D eigenvalue weighted by Crippen LogP contribution is -1.12. The van der Waals surface area contributed by atoms with E-state index in [0.717, 1.165) is 0 Å². The highest BCUT2D eigenvalue weighted by atomic mass is 32.1. The van der Waals surface area contributed by atoms with Gasteiger partial charge in [0.1, 0.15) is 0 Å². The van der Waals surface area contributed by atoms with Crippen LogP contribution in [0.2, 0.25) is 0 Å². The minimum absolute atomic E-state index is 1.28. The van der Waals surface area contributed by atoms with Gasteiger partial charge >= 0.3 is 0 Å². The molecule has 0 aromatic carbocycles. The Labute approximate surface area is 43.3 Å². The molecule has 0 nitrogen and oxygen atoms in total. The first-order valence-electron chi connectivity index (χ1n) is 0.994. The van der Waals surface area contributed by atoms with E-state index in [-0.39, 0.29) is 0 Å². The monoisotopic (exact) mass is 106 g/mol. The van der Waals surface area contributed by atoms with E-state index >= 15 is 0 Å². The predicted molar refractivity (Wildman–Crippen MR) is 33.9 cm³/mol. The molecule has 0 fully saturated rings. The van der Waals surface area contributed by atoms with Gasteiger partial charge in [0, 0.05) is 4.70 Å². The zero-order valence-electron chi connectivity index (χ0n) is 2.85. The summed E-state index contributed by atoms with van der Waals surface area (Å²) in [5.41, 5.74) is 0. The number of rotatable bonds is 0. The Morgan fingerprint density at radius 3 is 1.60 bits per heavy atom. The fourth-order valence-electron chi connectivity index (χ4n) is 0. The summed E-state index contributed by atoms with van der Waals surface area (Å²) in [7, 11) is 0. The Bertz CT molecular complexity index is 18.9. The first-order chi connectivity index (χ1) is 2.41. The van der Waals surface area contributed by atoms with Crippen LogP contribution in [-0.4, -0.2) is 4.70 Å². The van der Waals surface area contributed by atoms with Crippen LogP contribution in [-0.2, 0) is 0 Å². The van der Waals surface area contributed by atoms with Gasteiger partial charge in [-0.05, 0) is 0 Å². The van der Waals surface area contributed by atoms with E-state index in [1.165, 1.54) is 4.70 Å². The lowest BCUT2D eigenvalue weighted by Gasteiger charge is -1.27. The van der Waals surface area contributed by atoms with Gasteiger partial charge in [-0.2, -0.15) is 0 Å². The lowest BCUT2D eigenvalue weighted by atomic mass is 11.3. The summed E-state index contributed by atoms with van der Waals surface area (Å²) in [5, 5.41) is 0. The normalized spacial score (nSPS) is 3.40. The van der Waals surface area contributed by atoms with Gasteiger partial charge in [0.15, 0.2) is 0 Å². The summed E-state index contributed by atoms with van der Waals surface area (Å²) >= 11 is 7.61. The van der Waals surface area contributed by atoms with E-state index in [2.05, 4.69) is 38.0 Å². The molecule has 30 valence electrons. The Morgan fingerprint density at radius 2 is 1.60 bits per heavy atom. The minimum atomic E-state index is 1.28. The Kier molecular flexibility index (Phi) is 54.3. The van der Waals surface area contributed by atoms with Gasteiger partial charge in [-0.1, -0.05) is 12.2 Å². The maximum absolute atomic E-state index is 4.13. The van der Waals surface area contributed by atoms with Crippen molar-refractivity contribution in [2.75, 3.05) is 0 Å². The van der Waals surface area contributed by atoms with Crippen molar-refractivity contribution in [3.63, 3.8) is 0 Å². The Hall–Kier alpha value is 0.180. The summed E-state index contributed by atoms with van der Waals surface area (Å²) in [4.78, 5) is 0. The second-order valence-corrected chi connectivity index (χ2v) is 0.949. The molecule has 0 radical (unpaired) electrons. The van der Waals surface area contributed by atoms with E-state index in [0.29, 0.717) is 0 Å². The molecule has 0 spiro atoms. The number of hydrogen-bond donors (Lipinski definition) is 1. The predicted octanol–water partition coefficient (Wildman–Crippen LogP) is 1.68. The zero-order valence-corrected chi connectivity index (χ0v) is 4.56. The molecular formula is C3H6S2. The molecular weight excluding hydrogens is 100 g/mol. The standard InChI is InChI=1S/C2H4.CH2S2/c1-2;2-1-3/h1-2H2;1H,(H,2,3). The third kappa shape index (κ3) is 613. The first kappa shape index (κ1) is 8.95. The molecule has 0 aliphatic carbocycles. The highest BCUT2D eigenvalue weighted by Gasteiger charge is 1.18. The van der Waals surface area contributed by atoms with Gasteiger partial charge in [0.25, 0.3) is 0 Å². The van der Waals surface area contributed by atoms with Crippen LogP contribution in [0.15, 0.2) is 13.2 Å². The van der Waals surface area contributed by atoms with Crippen molar-refractivity contribution in [1.82, 2.24) is 0 Å². The minimum Gasteiger partial charge on any atom is -0.140 e. The van der Waals surface area contributed by atoms with Gasteiger partial charge in [-0.25, -0.2) is 0 Å². The van der Waals surface area contributed by atoms with Crippen LogP contribution in [0, 0.1) is 0 Å². The fraction of sp³-hybridized carbons (Fsp3) is 0. The fourth-order valence-corrected chi connectivity index (χ4v) is 0. The highest BCUT2D eigenvalue weighted by molar-refractivity contribution is 8.08. The van der Waals surface area contributed by atoms with Crippen molar-refractivity contribution in [2.45, 2.75) is 0 Å². The molecule has 0 aliphatic rings. The molecule has 0 aromatic heterocycles. The Balaban J connectivity index is 0. The van der Waals surface area contributed by atoms with Crippen molar-refractivity contribution in [1.29, 1.82) is 0 Å². The molecule has 2 heteroatoms. The van der Waals surface area contributed by atoms with Crippen LogP contribution >= 0.6 is 24.8 Å². The van der Waals surface area contributed by atoms with Gasteiger partial charge in [0.05, 0.1) is 0 Å². The topological polar surface area (TPSA) is 0 Å². The first-order valence-corrected chi connectivity index (χ1v) is 1.98. The van der Waals surface area contributed by atoms with E-state index in [4.69, 9.17) is 0 Å². The van der Waals surface area contributed by atoms with Crippen molar-refractivity contribution >= 4 is 29.5 Å². The van der Waals surface area contributed by atoms with Gasteiger partial charge in [0.2, 0.25) is 0 Å². The molecule has 0 heterocycles. The van der Waals surface area contributed by atoms with Crippen molar-refractivity contribution < 1.29 is 0 Å². The van der Waals surface area contributed by atoms with Crippen LogP contribution in [0.4, 0.5) is 0 Å². The number of thiol groups is 1. The quantitative estimate of drug-likeness (QED) is 0.278. The molecule has 0 bridgehead atoms. The average Bonchev–Trinajstić information content (AvgIpc) is 1.46. The third-order valence-electron chi connectivity index (χ3n) is 0. The van der Waals surface area contributed by atoms with Crippen molar-refractivity contribution in [3.05, 3.63) is 13.2 Å². The summed E-state index contributed by atoms with van der Waals surface area (Å²) in [6.45, 7) is 6.00. The van der Waals surface area contributed by atoms with E-state index in [1.54, 1.807) is 0 Å². The summed E-state index contributed by atoms with van der Waals surface area (Å²) in [6, 6.07) is 0. The van der Waals surface area contributed by atoms with Gasteiger partial charge in [-0.15, -0.1) is 25.8 Å². The molecule has 0 N–H and O–H groups in total. The van der Waals surface area contributed by atoms with Gasteiger partial charge in [-0.3, -0.25) is 0 Å². The maximum Gasteiger partial charge on any atom is 0.0310 e. The van der Waals surface area contributed by atoms with Crippen LogP contribution in [0.25, 0.3) is 0 Å². The highest BCUT2D eigenvalue weighted by Crippen LogP contribution is 1.50. The third-order valence-corrected chi connectivity index (χ3v) is 0. The number of thiocarbonyl (C=S) groups is 1. The van der Waals surface area contributed by atoms with Crippen molar-refractivity contribution in [2.24, 2.45) is 0 Å². The molecule has 0 atom stereocenters. The van der Waals surface area contributed by atoms with E-state index in [1.807, 2.05) is 0 Å². The van der Waals surface area contributed by atoms with Crippen LogP contribution in [0.1, 0.15) is 0 Å². The average molecular weight is 106 g/mol. The molecule has 5 heavy (non-hydrogen) atoms. The molecule has 0 saturated heterocycles. The lowest BCUT2D eigenvalue weighted by molar-refractivity contribution is 2.81. The van der Waals surface area contributed by atoms with Crippen LogP contribution in [0.3, 0.4) is 0 Å². The molecule has 0 saturated carbocycles. The molecule has 0 rings (SSSR count). The van der Waals surface area contributed by atoms with Crippen LogP contribution < -0.4 is 0 Å². The largest absolute Gasteiger partial charge is 0.140 e. The second kappa shape index (κ2) is 30.4. The SMILES string of the molecule is C=C.S=CS. The number of hydrogen-bond acceptors (Lipinski definition) is 1. The molecule has 0 aromatic rings. The van der Waals surface area contributed by atoms with E-state index in [9.17, 15) is 0 Å². The van der Waals surface area contributed by atoms with E-state index < -0.39 is 0 Å². The zero-order chi connectivity index (χ0) is 4.71. The maximum atomic E-state index is 4.13. The van der Waals surface area contributed by atoms with Crippen LogP contribution in [0.5, 0.6) is 0 Å². The molecule has 0 amide bonds. The molecule has 0 unspecified atom stereocenters. The second-order valence-electron chi connectivity index (χ2n) is 0.105. The summed E-state index contributed by atoms with van der Waals surface area (Å²) < 4.78 is 1.28. The Morgan fingerprint density at radius 1 is 1.60 bits per heavy atom. The van der Waals surface area contributed by atoms with Crippen molar-refractivity contribution in [3.8, 4) is 0 Å². The summed E-state index contributed by atoms with van der Waals surface area (Å²) in [6.07, 6.45) is 0. The molecule has 0 aliphatic heterocycles.